The van der Waals surface area contributed by atoms with Gasteiger partial charge in [-0.2, -0.15) is 0 Å². The van der Waals surface area contributed by atoms with Crippen molar-refractivity contribution in [1.82, 2.24) is 4.90 Å². The highest BCUT2D eigenvalue weighted by Crippen LogP contribution is 2.28. The van der Waals surface area contributed by atoms with Crippen molar-refractivity contribution in [2.75, 3.05) is 25.0 Å². The van der Waals surface area contributed by atoms with E-state index < -0.39 is 0 Å². The van der Waals surface area contributed by atoms with E-state index in [-0.39, 0.29) is 5.91 Å². The zero-order valence-corrected chi connectivity index (χ0v) is 14.5. The predicted octanol–water partition coefficient (Wildman–Crippen LogP) is 3.41. The van der Waals surface area contributed by atoms with E-state index in [1.807, 2.05) is 12.1 Å². The van der Waals surface area contributed by atoms with Crippen molar-refractivity contribution in [1.29, 1.82) is 0 Å². The van der Waals surface area contributed by atoms with Crippen molar-refractivity contribution in [2.45, 2.75) is 51.5 Å². The first-order chi connectivity index (χ1) is 11.7. The van der Waals surface area contributed by atoms with Gasteiger partial charge in [-0.3, -0.25) is 9.69 Å². The number of nitrogens with zero attached hydrogens (tertiary/aromatic N) is 1. The highest BCUT2D eigenvalue weighted by molar-refractivity contribution is 5.90. The number of carbonyl (C=O) groups excluding carboxylic acids is 1. The summed E-state index contributed by atoms with van der Waals surface area (Å²) in [6.45, 7) is 3.33. The topological polar surface area (TPSA) is 52.6 Å². The van der Waals surface area contributed by atoms with Crippen LogP contribution in [-0.2, 0) is 11.3 Å². The Kier molecular flexibility index (Phi) is 6.27. The molecular formula is C20H30N2O2. The molecule has 2 aliphatic rings. The third-order valence-electron chi connectivity index (χ3n) is 5.53. The van der Waals surface area contributed by atoms with E-state index in [1.165, 1.54) is 31.2 Å². The van der Waals surface area contributed by atoms with Gasteiger partial charge in [0, 0.05) is 25.3 Å². The quantitative estimate of drug-likeness (QED) is 0.840. The Morgan fingerprint density at radius 1 is 1.12 bits per heavy atom. The van der Waals surface area contributed by atoms with Gasteiger partial charge in [0.15, 0.2) is 0 Å². The Morgan fingerprint density at radius 2 is 1.88 bits per heavy atom. The summed E-state index contributed by atoms with van der Waals surface area (Å²) in [5, 5.41) is 12.3. The van der Waals surface area contributed by atoms with Crippen LogP contribution >= 0.6 is 0 Å². The summed E-state index contributed by atoms with van der Waals surface area (Å²) in [6, 6.07) is 8.24. The second-order valence-electron chi connectivity index (χ2n) is 7.51. The lowest BCUT2D eigenvalue weighted by Gasteiger charge is -2.31. The normalized spacial score (nSPS) is 20.4. The minimum absolute atomic E-state index is 0.155. The molecule has 0 unspecified atom stereocenters. The number of aliphatic hydroxyl groups excluding tert-OH is 1. The van der Waals surface area contributed by atoms with Gasteiger partial charge in [0.25, 0.3) is 0 Å². The maximum atomic E-state index is 12.2. The SMILES string of the molecule is O=C(CC1CCCC1)Nc1cccc(CN2CCC(CO)CC2)c1. The fourth-order valence-electron chi connectivity index (χ4n) is 4.02. The molecule has 132 valence electrons. The van der Waals surface area contributed by atoms with Gasteiger partial charge in [-0.15, -0.1) is 0 Å². The molecule has 3 rings (SSSR count). The number of carbonyl (C=O) groups is 1. The van der Waals surface area contributed by atoms with E-state index in [9.17, 15) is 9.90 Å². The van der Waals surface area contributed by atoms with E-state index in [0.717, 1.165) is 38.2 Å². The molecule has 1 heterocycles. The Labute approximate surface area is 145 Å². The molecule has 2 N–H and O–H groups in total. The number of amides is 1. The molecule has 1 saturated heterocycles. The molecule has 1 aromatic carbocycles. The van der Waals surface area contributed by atoms with Crippen LogP contribution < -0.4 is 5.32 Å². The number of hydrogen-bond donors (Lipinski definition) is 2. The number of likely N-dealkylation sites (tertiary alicyclic amines) is 1. The lowest BCUT2D eigenvalue weighted by atomic mass is 9.97. The summed E-state index contributed by atoms with van der Waals surface area (Å²) >= 11 is 0. The number of aliphatic hydroxyl groups is 1. The monoisotopic (exact) mass is 330 g/mol. The summed E-state index contributed by atoms with van der Waals surface area (Å²) in [5.74, 6) is 1.21. The Morgan fingerprint density at radius 3 is 2.58 bits per heavy atom. The van der Waals surface area contributed by atoms with Crippen molar-refractivity contribution < 1.29 is 9.90 Å². The van der Waals surface area contributed by atoms with Crippen molar-refractivity contribution in [3.05, 3.63) is 29.8 Å². The molecule has 1 saturated carbocycles. The maximum absolute atomic E-state index is 12.2. The molecule has 1 aliphatic heterocycles. The van der Waals surface area contributed by atoms with Gasteiger partial charge in [-0.1, -0.05) is 25.0 Å². The van der Waals surface area contributed by atoms with E-state index in [1.54, 1.807) is 0 Å². The van der Waals surface area contributed by atoms with Crippen LogP contribution in [0.2, 0.25) is 0 Å². The summed E-state index contributed by atoms with van der Waals surface area (Å²) in [4.78, 5) is 14.6. The van der Waals surface area contributed by atoms with E-state index in [4.69, 9.17) is 0 Å². The second kappa shape index (κ2) is 8.63. The van der Waals surface area contributed by atoms with Gasteiger partial charge in [0.1, 0.15) is 0 Å². The molecule has 0 atom stereocenters. The molecule has 2 fully saturated rings. The molecule has 0 spiro atoms. The highest BCUT2D eigenvalue weighted by atomic mass is 16.3. The molecule has 0 bridgehead atoms. The molecule has 0 radical (unpaired) electrons. The molecule has 4 nitrogen and oxygen atoms in total. The zero-order chi connectivity index (χ0) is 16.8. The van der Waals surface area contributed by atoms with Crippen LogP contribution in [0.25, 0.3) is 0 Å². The van der Waals surface area contributed by atoms with E-state index in [0.29, 0.717) is 24.9 Å². The Balaban J connectivity index is 1.49. The fourth-order valence-corrected chi connectivity index (χ4v) is 4.02. The Hall–Kier alpha value is -1.39. The van der Waals surface area contributed by atoms with Crippen LogP contribution in [0.5, 0.6) is 0 Å². The van der Waals surface area contributed by atoms with Crippen LogP contribution in [0.4, 0.5) is 5.69 Å². The zero-order valence-electron chi connectivity index (χ0n) is 14.5. The predicted molar refractivity (Wildman–Crippen MR) is 96.7 cm³/mol. The maximum Gasteiger partial charge on any atom is 0.224 e. The smallest absolute Gasteiger partial charge is 0.224 e. The van der Waals surface area contributed by atoms with E-state index in [2.05, 4.69) is 22.3 Å². The van der Waals surface area contributed by atoms with Crippen LogP contribution in [0, 0.1) is 11.8 Å². The number of benzene rings is 1. The lowest BCUT2D eigenvalue weighted by Crippen LogP contribution is -2.34. The Bertz CT molecular complexity index is 532. The third-order valence-corrected chi connectivity index (χ3v) is 5.53. The van der Waals surface area contributed by atoms with Crippen molar-refractivity contribution >= 4 is 11.6 Å². The van der Waals surface area contributed by atoms with Crippen LogP contribution in [0.15, 0.2) is 24.3 Å². The first-order valence-electron chi connectivity index (χ1n) is 9.45. The van der Waals surface area contributed by atoms with Gasteiger partial charge in [0.2, 0.25) is 5.91 Å². The van der Waals surface area contributed by atoms with Gasteiger partial charge in [-0.05, 0) is 68.3 Å². The number of rotatable bonds is 6. The third kappa shape index (κ3) is 5.05. The van der Waals surface area contributed by atoms with Gasteiger partial charge in [0.05, 0.1) is 0 Å². The molecule has 1 aromatic rings. The summed E-state index contributed by atoms with van der Waals surface area (Å²) in [5.41, 5.74) is 2.16. The van der Waals surface area contributed by atoms with Crippen molar-refractivity contribution in [3.8, 4) is 0 Å². The van der Waals surface area contributed by atoms with E-state index >= 15 is 0 Å². The number of anilines is 1. The fraction of sp³-hybridized carbons (Fsp3) is 0.650. The van der Waals surface area contributed by atoms with Crippen LogP contribution in [0.3, 0.4) is 0 Å². The largest absolute Gasteiger partial charge is 0.396 e. The van der Waals surface area contributed by atoms with Crippen LogP contribution in [-0.4, -0.2) is 35.6 Å². The molecular weight excluding hydrogens is 300 g/mol. The minimum Gasteiger partial charge on any atom is -0.396 e. The van der Waals surface area contributed by atoms with Crippen molar-refractivity contribution in [2.24, 2.45) is 11.8 Å². The second-order valence-corrected chi connectivity index (χ2v) is 7.51. The first-order valence-corrected chi connectivity index (χ1v) is 9.45. The van der Waals surface area contributed by atoms with Gasteiger partial charge in [-0.25, -0.2) is 0 Å². The first kappa shape index (κ1) is 17.4. The van der Waals surface area contributed by atoms with Crippen LogP contribution in [0.1, 0.15) is 50.5 Å². The molecule has 24 heavy (non-hydrogen) atoms. The van der Waals surface area contributed by atoms with Crippen molar-refractivity contribution in [3.63, 3.8) is 0 Å². The standard InChI is InChI=1S/C20H30N2O2/c23-15-17-8-10-22(11-9-17)14-18-6-3-7-19(12-18)21-20(24)13-16-4-1-2-5-16/h3,6-7,12,16-17,23H,1-2,4-5,8-11,13-15H2,(H,21,24). The average Bonchev–Trinajstić information content (AvgIpc) is 3.08. The molecule has 0 aromatic heterocycles. The minimum atomic E-state index is 0.155. The molecule has 4 heteroatoms. The molecule has 1 amide bonds. The molecule has 1 aliphatic carbocycles. The van der Waals surface area contributed by atoms with Gasteiger partial charge < -0.3 is 10.4 Å². The summed E-state index contributed by atoms with van der Waals surface area (Å²) in [7, 11) is 0. The summed E-state index contributed by atoms with van der Waals surface area (Å²) in [6.07, 6.45) is 7.79. The number of nitrogens with one attached hydrogen (secondary N) is 1. The number of hydrogen-bond acceptors (Lipinski definition) is 3. The lowest BCUT2D eigenvalue weighted by molar-refractivity contribution is -0.117. The average molecular weight is 330 g/mol. The highest BCUT2D eigenvalue weighted by Gasteiger charge is 2.19. The van der Waals surface area contributed by atoms with Gasteiger partial charge >= 0.3 is 0 Å². The number of piperidine rings is 1. The summed E-state index contributed by atoms with van der Waals surface area (Å²) < 4.78 is 0.